The van der Waals surface area contributed by atoms with E-state index in [1.807, 2.05) is 6.07 Å². The molecule has 1 atom stereocenters. The quantitative estimate of drug-likeness (QED) is 0.248. The van der Waals surface area contributed by atoms with Crippen LogP contribution in [0.2, 0.25) is 0 Å². The van der Waals surface area contributed by atoms with Gasteiger partial charge in [-0.1, -0.05) is 109 Å². The molecule has 2 aliphatic rings. The molecule has 3 heteroatoms. The van der Waals surface area contributed by atoms with Crippen LogP contribution in [-0.2, 0) is 4.74 Å². The zero-order valence-electron chi connectivity index (χ0n) is 21.8. The van der Waals surface area contributed by atoms with Crippen LogP contribution >= 0.6 is 0 Å². The van der Waals surface area contributed by atoms with Crippen LogP contribution in [0.15, 0.2) is 146 Å². The van der Waals surface area contributed by atoms with Gasteiger partial charge in [-0.3, -0.25) is 0 Å². The van der Waals surface area contributed by atoms with Gasteiger partial charge in [0.25, 0.3) is 0 Å². The Morgan fingerprint density at radius 1 is 0.525 bits per heavy atom. The van der Waals surface area contributed by atoms with Gasteiger partial charge in [-0.25, -0.2) is 0 Å². The molecule has 40 heavy (non-hydrogen) atoms. The lowest BCUT2D eigenvalue weighted by Crippen LogP contribution is -2.16. The number of nitrogens with zero attached hydrogens (tertiary/aromatic N) is 1. The first-order valence-corrected chi connectivity index (χ1v) is 13.6. The second kappa shape index (κ2) is 9.18. The van der Waals surface area contributed by atoms with E-state index in [4.69, 9.17) is 4.74 Å². The maximum Gasteiger partial charge on any atom is 0.196 e. The fourth-order valence-electron chi connectivity index (χ4n) is 5.99. The summed E-state index contributed by atoms with van der Waals surface area (Å²) in [5.74, 6) is 0.934. The van der Waals surface area contributed by atoms with Crippen LogP contribution in [0.25, 0.3) is 33.4 Å². The van der Waals surface area contributed by atoms with Gasteiger partial charge in [0.05, 0.1) is 5.70 Å². The zero-order chi connectivity index (χ0) is 26.5. The number of hydrogen-bond acceptors (Lipinski definition) is 3. The SMILES string of the molecule is c1ccc(-c2cccc(N(c3ccccc3)c3cc4c5c(cccc5c3)C3=C4NC(c4ccccc4)O3)c2)cc1. The van der Waals surface area contributed by atoms with E-state index in [0.717, 1.165) is 39.6 Å². The average molecular weight is 515 g/mol. The van der Waals surface area contributed by atoms with E-state index in [1.54, 1.807) is 0 Å². The molecule has 1 aliphatic carbocycles. The summed E-state index contributed by atoms with van der Waals surface area (Å²) < 4.78 is 6.53. The summed E-state index contributed by atoms with van der Waals surface area (Å²) >= 11 is 0. The molecular formula is C37H26N2O. The highest BCUT2D eigenvalue weighted by Crippen LogP contribution is 2.50. The lowest BCUT2D eigenvalue weighted by molar-refractivity contribution is 0.175. The maximum atomic E-state index is 6.53. The summed E-state index contributed by atoms with van der Waals surface area (Å²) in [5, 5.41) is 6.12. The minimum atomic E-state index is -0.203. The Kier molecular flexibility index (Phi) is 5.20. The first kappa shape index (κ1) is 22.7. The largest absolute Gasteiger partial charge is 0.464 e. The Hall–Kier alpha value is -5.28. The third-order valence-corrected chi connectivity index (χ3v) is 7.80. The zero-order valence-corrected chi connectivity index (χ0v) is 21.8. The molecule has 0 saturated heterocycles. The molecule has 0 fully saturated rings. The first-order chi connectivity index (χ1) is 19.8. The molecule has 0 radical (unpaired) electrons. The number of fused-ring (bicyclic) bond motifs is 2. The van der Waals surface area contributed by atoms with E-state index in [9.17, 15) is 0 Å². The Bertz CT molecular complexity index is 1900. The molecule has 8 rings (SSSR count). The number of hydrogen-bond donors (Lipinski definition) is 1. The second-order valence-electron chi connectivity index (χ2n) is 10.2. The second-order valence-corrected chi connectivity index (χ2v) is 10.2. The van der Waals surface area contributed by atoms with Crippen LogP contribution in [0.1, 0.15) is 22.9 Å². The van der Waals surface area contributed by atoms with Crippen molar-refractivity contribution in [1.29, 1.82) is 0 Å². The number of rotatable bonds is 5. The van der Waals surface area contributed by atoms with Gasteiger partial charge in [-0.2, -0.15) is 0 Å². The van der Waals surface area contributed by atoms with Gasteiger partial charge in [0.15, 0.2) is 12.0 Å². The average Bonchev–Trinajstić information content (AvgIpc) is 3.59. The molecule has 0 bridgehead atoms. The molecule has 0 amide bonds. The van der Waals surface area contributed by atoms with E-state index in [1.165, 1.54) is 27.5 Å². The number of para-hydroxylation sites is 1. The molecule has 0 saturated carbocycles. The number of nitrogens with one attached hydrogen (secondary N) is 1. The molecule has 1 heterocycles. The lowest BCUT2D eigenvalue weighted by Gasteiger charge is -2.27. The first-order valence-electron chi connectivity index (χ1n) is 13.6. The van der Waals surface area contributed by atoms with E-state index in [-0.39, 0.29) is 6.23 Å². The molecule has 1 N–H and O–H groups in total. The van der Waals surface area contributed by atoms with Crippen LogP contribution in [-0.4, -0.2) is 0 Å². The standard InChI is InChI=1S/C37H26N2O/c1-4-12-25(13-5-1)27-16-10-20-30(22-27)39(29-18-8-3-9-19-29)31-23-28-17-11-21-32-34(28)33(24-31)35-36(32)40-37(38-35)26-14-6-2-7-15-26/h1-24,37-38H. The van der Waals surface area contributed by atoms with Gasteiger partial charge >= 0.3 is 0 Å². The van der Waals surface area contributed by atoms with E-state index >= 15 is 0 Å². The third kappa shape index (κ3) is 3.67. The van der Waals surface area contributed by atoms with E-state index in [2.05, 4.69) is 150 Å². The van der Waals surface area contributed by atoms with Crippen molar-refractivity contribution in [2.45, 2.75) is 6.23 Å². The van der Waals surface area contributed by atoms with Crippen LogP contribution in [0.3, 0.4) is 0 Å². The maximum absolute atomic E-state index is 6.53. The summed E-state index contributed by atoms with van der Waals surface area (Å²) in [5.41, 5.74) is 10.2. The predicted molar refractivity (Wildman–Crippen MR) is 164 cm³/mol. The topological polar surface area (TPSA) is 24.5 Å². The molecular weight excluding hydrogens is 488 g/mol. The number of anilines is 3. The summed E-state index contributed by atoms with van der Waals surface area (Å²) in [4.78, 5) is 2.35. The highest BCUT2D eigenvalue weighted by atomic mass is 16.5. The van der Waals surface area contributed by atoms with Crippen molar-refractivity contribution in [1.82, 2.24) is 5.32 Å². The van der Waals surface area contributed by atoms with Crippen molar-refractivity contribution in [3.8, 4) is 11.1 Å². The van der Waals surface area contributed by atoms with Crippen molar-refractivity contribution >= 4 is 39.3 Å². The molecule has 0 aromatic heterocycles. The van der Waals surface area contributed by atoms with Crippen LogP contribution in [0.5, 0.6) is 0 Å². The van der Waals surface area contributed by atoms with Gasteiger partial charge < -0.3 is 15.0 Å². The summed E-state index contributed by atoms with van der Waals surface area (Å²) in [7, 11) is 0. The molecule has 0 spiro atoms. The monoisotopic (exact) mass is 514 g/mol. The highest BCUT2D eigenvalue weighted by Gasteiger charge is 2.35. The van der Waals surface area contributed by atoms with Crippen molar-refractivity contribution in [3.05, 3.63) is 162 Å². The Labute approximate surface area is 233 Å². The number of ether oxygens (including phenoxy) is 1. The van der Waals surface area contributed by atoms with Crippen molar-refractivity contribution < 1.29 is 4.74 Å². The molecule has 3 nitrogen and oxygen atoms in total. The number of benzene rings is 6. The van der Waals surface area contributed by atoms with Crippen LogP contribution < -0.4 is 10.2 Å². The van der Waals surface area contributed by atoms with Gasteiger partial charge in [-0.15, -0.1) is 0 Å². The molecule has 6 aromatic carbocycles. The van der Waals surface area contributed by atoms with Crippen LogP contribution in [0, 0.1) is 0 Å². The summed E-state index contributed by atoms with van der Waals surface area (Å²) in [6, 6.07) is 51.4. The van der Waals surface area contributed by atoms with Gasteiger partial charge in [0.2, 0.25) is 0 Å². The molecule has 1 unspecified atom stereocenters. The van der Waals surface area contributed by atoms with Crippen molar-refractivity contribution in [3.63, 3.8) is 0 Å². The molecule has 1 aliphatic heterocycles. The van der Waals surface area contributed by atoms with E-state index < -0.39 is 0 Å². The van der Waals surface area contributed by atoms with Crippen molar-refractivity contribution in [2.24, 2.45) is 0 Å². The lowest BCUT2D eigenvalue weighted by atomic mass is 10.0. The minimum absolute atomic E-state index is 0.203. The van der Waals surface area contributed by atoms with Crippen molar-refractivity contribution in [2.75, 3.05) is 4.90 Å². The normalized spacial score (nSPS) is 15.1. The predicted octanol–water partition coefficient (Wildman–Crippen LogP) is 9.43. The van der Waals surface area contributed by atoms with E-state index in [0.29, 0.717) is 0 Å². The summed E-state index contributed by atoms with van der Waals surface area (Å²) in [6.45, 7) is 0. The Morgan fingerprint density at radius 3 is 2.00 bits per heavy atom. The van der Waals surface area contributed by atoms with Gasteiger partial charge in [0, 0.05) is 39.1 Å². The van der Waals surface area contributed by atoms with Crippen LogP contribution in [0.4, 0.5) is 17.1 Å². The Balaban J connectivity index is 1.28. The fourth-order valence-corrected chi connectivity index (χ4v) is 5.99. The smallest absolute Gasteiger partial charge is 0.196 e. The van der Waals surface area contributed by atoms with Gasteiger partial charge in [0.1, 0.15) is 0 Å². The molecule has 6 aromatic rings. The third-order valence-electron chi connectivity index (χ3n) is 7.80. The molecule has 190 valence electrons. The van der Waals surface area contributed by atoms with Gasteiger partial charge in [-0.05, 0) is 52.9 Å². The fraction of sp³-hybridized carbons (Fsp3) is 0.0270. The minimum Gasteiger partial charge on any atom is -0.464 e. The Morgan fingerprint density at radius 2 is 1.20 bits per heavy atom. The summed E-state index contributed by atoms with van der Waals surface area (Å²) in [6.07, 6.45) is -0.203. The highest BCUT2D eigenvalue weighted by molar-refractivity contribution is 6.14.